The molecule has 1 aromatic carbocycles. The van der Waals surface area contributed by atoms with Crippen molar-refractivity contribution in [2.75, 3.05) is 26.8 Å². The van der Waals surface area contributed by atoms with Crippen molar-refractivity contribution < 1.29 is 24.2 Å². The normalized spacial score (nSPS) is 15.1. The number of carbonyl (C=O) groups is 3. The molecule has 0 spiro atoms. The van der Waals surface area contributed by atoms with E-state index in [4.69, 9.17) is 9.84 Å². The molecule has 1 aliphatic rings. The molecule has 0 saturated carbocycles. The van der Waals surface area contributed by atoms with E-state index >= 15 is 0 Å². The lowest BCUT2D eigenvalue weighted by Gasteiger charge is -2.32. The van der Waals surface area contributed by atoms with Crippen LogP contribution in [-0.2, 0) is 14.3 Å². The predicted octanol–water partition coefficient (Wildman–Crippen LogP) is 1.15. The highest BCUT2D eigenvalue weighted by atomic mass is 16.5. The Hall–Kier alpha value is -2.67. The Bertz CT molecular complexity index is 648. The van der Waals surface area contributed by atoms with Crippen molar-refractivity contribution in [2.24, 2.45) is 0 Å². The number of carboxylic acid groups (broad SMARTS) is 1. The summed E-state index contributed by atoms with van der Waals surface area (Å²) in [5, 5.41) is 11.6. The molecule has 7 nitrogen and oxygen atoms in total. The minimum Gasteiger partial charge on any atom is -0.480 e. The monoisotopic (exact) mass is 346 g/mol. The molecule has 0 aromatic heterocycles. The molecule has 2 rings (SSSR count). The van der Waals surface area contributed by atoms with Crippen LogP contribution in [0, 0.1) is 0 Å². The van der Waals surface area contributed by atoms with Crippen molar-refractivity contribution in [1.82, 2.24) is 10.2 Å². The maximum absolute atomic E-state index is 12.4. The van der Waals surface area contributed by atoms with Crippen LogP contribution in [0.1, 0.15) is 28.8 Å². The van der Waals surface area contributed by atoms with E-state index in [2.05, 4.69) is 5.32 Å². The van der Waals surface area contributed by atoms with Crippen LogP contribution >= 0.6 is 0 Å². The minimum absolute atomic E-state index is 0.127. The molecule has 0 bridgehead atoms. The van der Waals surface area contributed by atoms with E-state index in [0.717, 1.165) is 5.56 Å². The third-order valence-corrected chi connectivity index (χ3v) is 4.04. The minimum atomic E-state index is -1.04. The Labute approximate surface area is 146 Å². The smallest absolute Gasteiger partial charge is 0.323 e. The van der Waals surface area contributed by atoms with Gasteiger partial charge in [0, 0.05) is 37.9 Å². The summed E-state index contributed by atoms with van der Waals surface area (Å²) in [6.45, 7) is 0.723. The second kappa shape index (κ2) is 8.98. The van der Waals surface area contributed by atoms with Crippen molar-refractivity contribution in [1.29, 1.82) is 0 Å². The van der Waals surface area contributed by atoms with Gasteiger partial charge in [-0.25, -0.2) is 0 Å². The number of nitrogens with one attached hydrogen (secondary N) is 1. The number of carbonyl (C=O) groups excluding carboxylic acids is 2. The second-order valence-corrected chi connectivity index (χ2v) is 5.74. The van der Waals surface area contributed by atoms with Gasteiger partial charge in [0.15, 0.2) is 0 Å². The van der Waals surface area contributed by atoms with Gasteiger partial charge in [0.05, 0.1) is 0 Å². The highest BCUT2D eigenvalue weighted by molar-refractivity contribution is 5.95. The first-order valence-corrected chi connectivity index (χ1v) is 8.11. The zero-order valence-corrected chi connectivity index (χ0v) is 14.1. The van der Waals surface area contributed by atoms with Crippen LogP contribution in [0.4, 0.5) is 0 Å². The van der Waals surface area contributed by atoms with Crippen LogP contribution in [0.15, 0.2) is 30.3 Å². The van der Waals surface area contributed by atoms with Crippen molar-refractivity contribution in [3.05, 3.63) is 41.5 Å². The molecule has 1 fully saturated rings. The van der Waals surface area contributed by atoms with E-state index in [0.29, 0.717) is 31.6 Å². The summed E-state index contributed by atoms with van der Waals surface area (Å²) >= 11 is 0. The number of aliphatic carboxylic acids is 1. The highest BCUT2D eigenvalue weighted by Crippen LogP contribution is 2.15. The van der Waals surface area contributed by atoms with Gasteiger partial charge in [0.25, 0.3) is 5.91 Å². The average Bonchev–Trinajstić information content (AvgIpc) is 2.64. The molecule has 1 aliphatic heterocycles. The Morgan fingerprint density at radius 3 is 2.44 bits per heavy atom. The van der Waals surface area contributed by atoms with Crippen molar-refractivity contribution in [2.45, 2.75) is 18.9 Å². The fraction of sp³-hybridized carbons (Fsp3) is 0.389. The molecule has 134 valence electrons. The van der Waals surface area contributed by atoms with Crippen LogP contribution < -0.4 is 5.32 Å². The summed E-state index contributed by atoms with van der Waals surface area (Å²) in [7, 11) is 1.56. The predicted molar refractivity (Wildman–Crippen MR) is 92.1 cm³/mol. The summed E-state index contributed by atoms with van der Waals surface area (Å²) in [6, 6.07) is 6.65. The maximum Gasteiger partial charge on any atom is 0.323 e. The van der Waals surface area contributed by atoms with Crippen LogP contribution in [0.5, 0.6) is 0 Å². The third kappa shape index (κ3) is 5.42. The number of ether oxygens (including phenoxy) is 1. The molecule has 0 radical (unpaired) electrons. The Morgan fingerprint density at radius 1 is 1.24 bits per heavy atom. The Balaban J connectivity index is 2.06. The number of rotatable bonds is 6. The zero-order chi connectivity index (χ0) is 18.2. The lowest BCUT2D eigenvalue weighted by Crippen LogP contribution is -2.45. The summed E-state index contributed by atoms with van der Waals surface area (Å²) < 4.78 is 5.27. The van der Waals surface area contributed by atoms with Crippen LogP contribution in [-0.4, -0.2) is 60.6 Å². The lowest BCUT2D eigenvalue weighted by molar-refractivity contribution is -0.145. The molecule has 0 aliphatic carbocycles. The molecule has 0 unspecified atom stereocenters. The molecule has 1 saturated heterocycles. The molecule has 1 aromatic rings. The van der Waals surface area contributed by atoms with E-state index in [-0.39, 0.29) is 24.4 Å². The average molecular weight is 346 g/mol. The van der Waals surface area contributed by atoms with E-state index in [1.165, 1.54) is 11.0 Å². The standard InChI is InChI=1S/C18H22N2O5/c1-19-18(24)14-5-2-13(3-6-14)4-7-16(21)20(12-17(22)23)15-8-10-25-11-9-15/h2-7,15H,8-12H2,1H3,(H,19,24)(H,22,23)/b7-4-. The van der Waals surface area contributed by atoms with Gasteiger partial charge in [-0.3, -0.25) is 14.4 Å². The number of benzene rings is 1. The summed E-state index contributed by atoms with van der Waals surface area (Å²) in [4.78, 5) is 36.4. The van der Waals surface area contributed by atoms with Gasteiger partial charge in [-0.05, 0) is 36.6 Å². The second-order valence-electron chi connectivity index (χ2n) is 5.74. The molecule has 1 heterocycles. The van der Waals surface area contributed by atoms with Gasteiger partial charge in [0.2, 0.25) is 5.91 Å². The van der Waals surface area contributed by atoms with E-state index < -0.39 is 5.97 Å². The molecule has 0 atom stereocenters. The van der Waals surface area contributed by atoms with Crippen LogP contribution in [0.3, 0.4) is 0 Å². The summed E-state index contributed by atoms with van der Waals surface area (Å²) in [6.07, 6.45) is 4.25. The first kappa shape index (κ1) is 18.7. The van der Waals surface area contributed by atoms with Gasteiger partial charge >= 0.3 is 5.97 Å². The Kier molecular flexibility index (Phi) is 6.71. The van der Waals surface area contributed by atoms with Crippen LogP contribution in [0.25, 0.3) is 6.08 Å². The lowest BCUT2D eigenvalue weighted by atomic mass is 10.1. The van der Waals surface area contributed by atoms with Crippen molar-refractivity contribution in [3.8, 4) is 0 Å². The van der Waals surface area contributed by atoms with Gasteiger partial charge in [-0.15, -0.1) is 0 Å². The zero-order valence-electron chi connectivity index (χ0n) is 14.1. The molecular formula is C18H22N2O5. The summed E-state index contributed by atoms with van der Waals surface area (Å²) in [5.41, 5.74) is 1.28. The third-order valence-electron chi connectivity index (χ3n) is 4.04. The van der Waals surface area contributed by atoms with E-state index in [1.807, 2.05) is 0 Å². The molecule has 7 heteroatoms. The van der Waals surface area contributed by atoms with Gasteiger partial charge in [-0.2, -0.15) is 0 Å². The number of nitrogens with zero attached hydrogens (tertiary/aromatic N) is 1. The highest BCUT2D eigenvalue weighted by Gasteiger charge is 2.26. The summed E-state index contributed by atoms with van der Waals surface area (Å²) in [5.74, 6) is -1.56. The fourth-order valence-corrected chi connectivity index (χ4v) is 2.68. The van der Waals surface area contributed by atoms with E-state index in [1.54, 1.807) is 37.4 Å². The SMILES string of the molecule is CNC(=O)c1ccc(/C=C\C(=O)N(CC(=O)O)C2CCOCC2)cc1. The molecule has 2 N–H and O–H groups in total. The molecular weight excluding hydrogens is 324 g/mol. The van der Waals surface area contributed by atoms with Gasteiger partial charge in [-0.1, -0.05) is 12.1 Å². The van der Waals surface area contributed by atoms with E-state index in [9.17, 15) is 14.4 Å². The number of amides is 2. The quantitative estimate of drug-likeness (QED) is 0.754. The van der Waals surface area contributed by atoms with Gasteiger partial charge < -0.3 is 20.1 Å². The molecule has 25 heavy (non-hydrogen) atoms. The number of carboxylic acids is 1. The first-order valence-electron chi connectivity index (χ1n) is 8.11. The van der Waals surface area contributed by atoms with Crippen molar-refractivity contribution in [3.63, 3.8) is 0 Å². The van der Waals surface area contributed by atoms with Gasteiger partial charge in [0.1, 0.15) is 6.54 Å². The number of hydrogen-bond acceptors (Lipinski definition) is 4. The topological polar surface area (TPSA) is 95.9 Å². The fourth-order valence-electron chi connectivity index (χ4n) is 2.68. The number of hydrogen-bond donors (Lipinski definition) is 2. The van der Waals surface area contributed by atoms with Crippen LogP contribution in [0.2, 0.25) is 0 Å². The molecule has 2 amide bonds. The first-order chi connectivity index (χ1) is 12.0. The largest absolute Gasteiger partial charge is 0.480 e. The Morgan fingerprint density at radius 2 is 1.88 bits per heavy atom. The van der Waals surface area contributed by atoms with Crippen molar-refractivity contribution >= 4 is 23.9 Å². The maximum atomic E-state index is 12.4.